The highest BCUT2D eigenvalue weighted by atomic mass is 32.2. The van der Waals surface area contributed by atoms with Crippen molar-refractivity contribution in [3.63, 3.8) is 0 Å². The lowest BCUT2D eigenvalue weighted by Gasteiger charge is -2.12. The molecule has 0 fully saturated rings. The van der Waals surface area contributed by atoms with Gasteiger partial charge >= 0.3 is 0 Å². The zero-order chi connectivity index (χ0) is 17.1. The summed E-state index contributed by atoms with van der Waals surface area (Å²) in [5.74, 6) is 0.593. The van der Waals surface area contributed by atoms with Gasteiger partial charge in [0, 0.05) is 11.8 Å². The highest BCUT2D eigenvalue weighted by Gasteiger charge is 2.12. The van der Waals surface area contributed by atoms with E-state index in [-0.39, 0.29) is 5.56 Å². The highest BCUT2D eigenvalue weighted by molar-refractivity contribution is 7.98. The lowest BCUT2D eigenvalue weighted by Crippen LogP contribution is -2.24. The van der Waals surface area contributed by atoms with Crippen LogP contribution in [0.4, 0.5) is 0 Å². The van der Waals surface area contributed by atoms with Crippen LogP contribution in [0.5, 0.6) is 0 Å². The average molecular weight is 349 g/mol. The summed E-state index contributed by atoms with van der Waals surface area (Å²) in [5.41, 5.74) is 2.56. The molecule has 0 radical (unpaired) electrons. The number of hydrogen-bond donors (Lipinski definition) is 0. The average Bonchev–Trinajstić information content (AvgIpc) is 3.17. The Bertz CT molecular complexity index is 1040. The molecule has 0 aliphatic carbocycles. The Hall–Kier alpha value is -2.86. The minimum Gasteiger partial charge on any atom is -0.364 e. The van der Waals surface area contributed by atoms with E-state index in [0.717, 1.165) is 11.3 Å². The van der Waals surface area contributed by atoms with E-state index < -0.39 is 0 Å². The molecule has 2 aromatic heterocycles. The first-order valence-electron chi connectivity index (χ1n) is 7.87. The summed E-state index contributed by atoms with van der Waals surface area (Å²) in [6.07, 6.45) is 1.54. The van der Waals surface area contributed by atoms with E-state index in [4.69, 9.17) is 9.51 Å². The van der Waals surface area contributed by atoms with Crippen LogP contribution in [0.2, 0.25) is 0 Å². The molecule has 0 amide bonds. The van der Waals surface area contributed by atoms with Crippen LogP contribution in [-0.2, 0) is 12.3 Å². The Balaban J connectivity index is 1.77. The minimum atomic E-state index is -0.0305. The van der Waals surface area contributed by atoms with Crippen molar-refractivity contribution in [2.24, 2.45) is 0 Å². The second-order valence-electron chi connectivity index (χ2n) is 5.57. The third kappa shape index (κ3) is 3.34. The van der Waals surface area contributed by atoms with Gasteiger partial charge in [-0.2, -0.15) is 0 Å². The van der Waals surface area contributed by atoms with Crippen molar-refractivity contribution in [3.8, 4) is 0 Å². The van der Waals surface area contributed by atoms with E-state index in [1.807, 2.05) is 60.7 Å². The predicted octanol–water partition coefficient (Wildman–Crippen LogP) is 3.73. The van der Waals surface area contributed by atoms with Crippen molar-refractivity contribution in [2.45, 2.75) is 17.5 Å². The molecule has 124 valence electrons. The van der Waals surface area contributed by atoms with Gasteiger partial charge in [-0.05, 0) is 17.7 Å². The summed E-state index contributed by atoms with van der Waals surface area (Å²) in [7, 11) is 0. The summed E-state index contributed by atoms with van der Waals surface area (Å²) in [6.45, 7) is 0.485. The quantitative estimate of drug-likeness (QED) is 0.406. The lowest BCUT2D eigenvalue weighted by atomic mass is 10.2. The van der Waals surface area contributed by atoms with Crippen molar-refractivity contribution >= 4 is 22.7 Å². The summed E-state index contributed by atoms with van der Waals surface area (Å²) >= 11 is 1.48. The van der Waals surface area contributed by atoms with Crippen LogP contribution in [0.15, 0.2) is 81.4 Å². The number of thioether (sulfide) groups is 1. The largest absolute Gasteiger partial charge is 0.364 e. The molecular formula is C19H15N3O2S. The summed E-state index contributed by atoms with van der Waals surface area (Å²) in [5, 5.41) is 5.22. The number of fused-ring (bicyclic) bond motifs is 1. The molecule has 5 nitrogen and oxygen atoms in total. The van der Waals surface area contributed by atoms with E-state index >= 15 is 0 Å². The van der Waals surface area contributed by atoms with Crippen molar-refractivity contribution < 1.29 is 4.52 Å². The number of rotatable bonds is 5. The van der Waals surface area contributed by atoms with Crippen LogP contribution in [0.3, 0.4) is 0 Å². The van der Waals surface area contributed by atoms with E-state index in [2.05, 4.69) is 5.16 Å². The van der Waals surface area contributed by atoms with Gasteiger partial charge in [0.1, 0.15) is 6.26 Å². The first kappa shape index (κ1) is 15.7. The van der Waals surface area contributed by atoms with Crippen LogP contribution in [0, 0.1) is 0 Å². The zero-order valence-corrected chi connectivity index (χ0v) is 14.1. The normalized spacial score (nSPS) is 11.0. The fourth-order valence-electron chi connectivity index (χ4n) is 2.61. The van der Waals surface area contributed by atoms with Crippen LogP contribution in [0.25, 0.3) is 10.9 Å². The van der Waals surface area contributed by atoms with Gasteiger partial charge in [-0.3, -0.25) is 9.36 Å². The molecule has 0 unspecified atom stereocenters. The Morgan fingerprint density at radius 3 is 2.60 bits per heavy atom. The second kappa shape index (κ2) is 6.94. The molecule has 2 aromatic carbocycles. The van der Waals surface area contributed by atoms with Crippen molar-refractivity contribution in [3.05, 3.63) is 88.5 Å². The molecule has 4 aromatic rings. The van der Waals surface area contributed by atoms with Gasteiger partial charge in [-0.25, -0.2) is 4.98 Å². The molecule has 0 N–H and O–H groups in total. The van der Waals surface area contributed by atoms with Gasteiger partial charge < -0.3 is 4.52 Å². The SMILES string of the molecule is O=c1c2ccccc2nc(SCc2ccon2)n1Cc1ccccc1. The molecule has 0 bridgehead atoms. The Kier molecular flexibility index (Phi) is 4.35. The number of aromatic nitrogens is 3. The molecule has 0 atom stereocenters. The number of para-hydroxylation sites is 1. The smallest absolute Gasteiger partial charge is 0.262 e. The lowest BCUT2D eigenvalue weighted by molar-refractivity contribution is 0.414. The van der Waals surface area contributed by atoms with E-state index in [0.29, 0.717) is 28.4 Å². The summed E-state index contributed by atoms with van der Waals surface area (Å²) in [4.78, 5) is 17.7. The van der Waals surface area contributed by atoms with Crippen molar-refractivity contribution in [1.29, 1.82) is 0 Å². The highest BCUT2D eigenvalue weighted by Crippen LogP contribution is 2.22. The van der Waals surface area contributed by atoms with E-state index in [9.17, 15) is 4.79 Å². The van der Waals surface area contributed by atoms with Gasteiger partial charge in [-0.1, -0.05) is 59.4 Å². The van der Waals surface area contributed by atoms with Crippen LogP contribution in [0.1, 0.15) is 11.3 Å². The third-order valence-electron chi connectivity index (χ3n) is 3.85. The molecule has 0 spiro atoms. The van der Waals surface area contributed by atoms with E-state index in [1.54, 1.807) is 10.8 Å². The minimum absolute atomic E-state index is 0.0305. The fraction of sp³-hybridized carbons (Fsp3) is 0.105. The molecule has 6 heteroatoms. The van der Waals surface area contributed by atoms with Crippen molar-refractivity contribution in [2.75, 3.05) is 0 Å². The Morgan fingerprint density at radius 1 is 1.00 bits per heavy atom. The maximum atomic E-state index is 13.0. The number of benzene rings is 2. The zero-order valence-electron chi connectivity index (χ0n) is 13.3. The van der Waals surface area contributed by atoms with Crippen LogP contribution in [-0.4, -0.2) is 14.7 Å². The first-order valence-corrected chi connectivity index (χ1v) is 8.85. The topological polar surface area (TPSA) is 60.9 Å². The van der Waals surface area contributed by atoms with Crippen molar-refractivity contribution in [1.82, 2.24) is 14.7 Å². The van der Waals surface area contributed by atoms with Crippen LogP contribution < -0.4 is 5.56 Å². The maximum absolute atomic E-state index is 13.0. The van der Waals surface area contributed by atoms with Gasteiger partial charge in [0.15, 0.2) is 5.16 Å². The third-order valence-corrected chi connectivity index (χ3v) is 4.86. The molecular weight excluding hydrogens is 334 g/mol. The molecule has 0 aliphatic heterocycles. The Labute approximate surface area is 148 Å². The predicted molar refractivity (Wildman–Crippen MR) is 97.6 cm³/mol. The Morgan fingerprint density at radius 2 is 1.80 bits per heavy atom. The van der Waals surface area contributed by atoms with Gasteiger partial charge in [0.25, 0.3) is 5.56 Å². The first-order chi connectivity index (χ1) is 12.3. The molecule has 2 heterocycles. The van der Waals surface area contributed by atoms with Gasteiger partial charge in [-0.15, -0.1) is 0 Å². The van der Waals surface area contributed by atoms with Gasteiger partial charge in [0.05, 0.1) is 23.1 Å². The molecule has 0 saturated heterocycles. The van der Waals surface area contributed by atoms with Gasteiger partial charge in [0.2, 0.25) is 0 Å². The number of hydrogen-bond acceptors (Lipinski definition) is 5. The molecule has 25 heavy (non-hydrogen) atoms. The summed E-state index contributed by atoms with van der Waals surface area (Å²) in [6, 6.07) is 19.2. The molecule has 4 rings (SSSR count). The second-order valence-corrected chi connectivity index (χ2v) is 6.51. The number of nitrogens with zero attached hydrogens (tertiary/aromatic N) is 3. The standard InChI is InChI=1S/C19H15N3O2S/c23-18-16-8-4-5-9-17(16)20-19(25-13-15-10-11-24-21-15)22(18)12-14-6-2-1-3-7-14/h1-11H,12-13H2. The molecule has 0 aliphatic rings. The van der Waals surface area contributed by atoms with E-state index in [1.165, 1.54) is 11.8 Å². The monoisotopic (exact) mass is 349 g/mol. The maximum Gasteiger partial charge on any atom is 0.262 e. The summed E-state index contributed by atoms with van der Waals surface area (Å²) < 4.78 is 6.60. The van der Waals surface area contributed by atoms with Crippen LogP contribution >= 0.6 is 11.8 Å². The molecule has 0 saturated carbocycles. The fourth-order valence-corrected chi connectivity index (χ4v) is 3.51.